The maximum Gasteiger partial charge on any atom is 0.246 e. The molecule has 3 aromatic rings. The van der Waals surface area contributed by atoms with E-state index in [0.29, 0.717) is 33.2 Å². The number of nitrogens with zero attached hydrogens (tertiary/aromatic N) is 3. The first kappa shape index (κ1) is 19.7. The molecule has 0 bridgehead atoms. The zero-order valence-corrected chi connectivity index (χ0v) is 16.7. The van der Waals surface area contributed by atoms with Crippen molar-refractivity contribution in [3.05, 3.63) is 69.0 Å². The second-order valence-electron chi connectivity index (χ2n) is 5.97. The van der Waals surface area contributed by atoms with Gasteiger partial charge in [-0.15, -0.1) is 0 Å². The Morgan fingerprint density at radius 3 is 2.41 bits per heavy atom. The van der Waals surface area contributed by atoms with Crippen LogP contribution in [-0.4, -0.2) is 28.0 Å². The highest BCUT2D eigenvalue weighted by atomic mass is 35.5. The van der Waals surface area contributed by atoms with Crippen LogP contribution in [0.4, 0.5) is 0 Å². The Kier molecular flexibility index (Phi) is 6.37. The van der Waals surface area contributed by atoms with Crippen LogP contribution >= 0.6 is 34.8 Å². The maximum absolute atomic E-state index is 12.4. The zero-order chi connectivity index (χ0) is 19.4. The van der Waals surface area contributed by atoms with Gasteiger partial charge in [-0.3, -0.25) is 4.79 Å². The third kappa shape index (κ3) is 5.01. The molecule has 140 valence electrons. The van der Waals surface area contributed by atoms with Gasteiger partial charge in [0.2, 0.25) is 17.6 Å². The molecule has 0 spiro atoms. The minimum Gasteiger partial charge on any atom is -0.337 e. The monoisotopic (exact) mass is 423 g/mol. The summed E-state index contributed by atoms with van der Waals surface area (Å²) >= 11 is 18.2. The Morgan fingerprint density at radius 2 is 1.74 bits per heavy atom. The fourth-order valence-electron chi connectivity index (χ4n) is 2.52. The van der Waals surface area contributed by atoms with Crippen molar-refractivity contribution < 1.29 is 9.32 Å². The average Bonchev–Trinajstić information content (AvgIpc) is 3.10. The van der Waals surface area contributed by atoms with E-state index in [1.807, 2.05) is 0 Å². The molecule has 0 unspecified atom stereocenters. The lowest BCUT2D eigenvalue weighted by atomic mass is 10.1. The summed E-state index contributed by atoms with van der Waals surface area (Å²) in [5, 5.41) is 5.69. The minimum atomic E-state index is -0.0720. The highest BCUT2D eigenvalue weighted by Crippen LogP contribution is 2.25. The molecule has 0 saturated carbocycles. The Balaban J connectivity index is 1.59. The molecular weight excluding hydrogens is 409 g/mol. The van der Waals surface area contributed by atoms with Crippen molar-refractivity contribution in [2.24, 2.45) is 0 Å². The van der Waals surface area contributed by atoms with Crippen LogP contribution in [0, 0.1) is 0 Å². The molecule has 0 atom stereocenters. The van der Waals surface area contributed by atoms with Gasteiger partial charge in [-0.2, -0.15) is 4.98 Å². The number of amides is 1. The molecule has 0 aliphatic heterocycles. The van der Waals surface area contributed by atoms with Crippen LogP contribution in [0.3, 0.4) is 0 Å². The quantitative estimate of drug-likeness (QED) is 0.539. The molecule has 5 nitrogen and oxygen atoms in total. The standard InChI is InChI=1S/C19H16Cl3N3O2/c1-25(18(26)10-9-14-15(21)3-2-4-16(14)22)11-17-23-19(24-27-17)12-5-7-13(20)8-6-12/h2-8H,9-11H2,1H3. The number of carbonyl (C=O) groups is 1. The molecule has 27 heavy (non-hydrogen) atoms. The Hall–Kier alpha value is -2.08. The van der Waals surface area contributed by atoms with Crippen LogP contribution < -0.4 is 0 Å². The van der Waals surface area contributed by atoms with E-state index in [2.05, 4.69) is 10.1 Å². The third-order valence-corrected chi connectivity index (χ3v) is 4.98. The van der Waals surface area contributed by atoms with Crippen LogP contribution in [-0.2, 0) is 17.8 Å². The van der Waals surface area contributed by atoms with Gasteiger partial charge in [-0.25, -0.2) is 0 Å². The SMILES string of the molecule is CN(Cc1nc(-c2ccc(Cl)cc2)no1)C(=O)CCc1c(Cl)cccc1Cl. The third-order valence-electron chi connectivity index (χ3n) is 4.02. The number of halogens is 3. The summed E-state index contributed by atoms with van der Waals surface area (Å²) < 4.78 is 5.24. The van der Waals surface area contributed by atoms with Crippen LogP contribution in [0.1, 0.15) is 17.9 Å². The number of aromatic nitrogens is 2. The summed E-state index contributed by atoms with van der Waals surface area (Å²) in [6, 6.07) is 12.4. The van der Waals surface area contributed by atoms with Crippen molar-refractivity contribution in [2.45, 2.75) is 19.4 Å². The first-order valence-corrected chi connectivity index (χ1v) is 9.33. The van der Waals surface area contributed by atoms with Crippen molar-refractivity contribution in [3.63, 3.8) is 0 Å². The molecule has 8 heteroatoms. The van der Waals surface area contributed by atoms with Crippen molar-refractivity contribution >= 4 is 40.7 Å². The lowest BCUT2D eigenvalue weighted by molar-refractivity contribution is -0.130. The summed E-state index contributed by atoms with van der Waals surface area (Å²) in [6.45, 7) is 0.218. The summed E-state index contributed by atoms with van der Waals surface area (Å²) in [7, 11) is 1.68. The van der Waals surface area contributed by atoms with E-state index < -0.39 is 0 Å². The topological polar surface area (TPSA) is 59.2 Å². The van der Waals surface area contributed by atoms with Crippen molar-refractivity contribution in [3.8, 4) is 11.4 Å². The Bertz CT molecular complexity index is 921. The average molecular weight is 425 g/mol. The van der Waals surface area contributed by atoms with Crippen LogP contribution in [0.15, 0.2) is 47.0 Å². The van der Waals surface area contributed by atoms with Crippen molar-refractivity contribution in [1.82, 2.24) is 15.0 Å². The molecule has 1 aromatic heterocycles. The van der Waals surface area contributed by atoms with E-state index in [1.165, 1.54) is 4.90 Å². The number of rotatable bonds is 6. The first-order valence-electron chi connectivity index (χ1n) is 8.19. The normalized spacial score (nSPS) is 10.8. The lowest BCUT2D eigenvalue weighted by Crippen LogP contribution is -2.26. The van der Waals surface area contributed by atoms with Gasteiger partial charge in [0, 0.05) is 34.1 Å². The van der Waals surface area contributed by atoms with Gasteiger partial charge in [0.15, 0.2) is 0 Å². The molecular formula is C19H16Cl3N3O2. The van der Waals surface area contributed by atoms with Gasteiger partial charge in [0.1, 0.15) is 0 Å². The van der Waals surface area contributed by atoms with Gasteiger partial charge in [-0.1, -0.05) is 46.0 Å². The molecule has 0 saturated heterocycles. The van der Waals surface area contributed by atoms with E-state index in [9.17, 15) is 4.79 Å². The predicted octanol–water partition coefficient (Wildman–Crippen LogP) is 5.29. The second kappa shape index (κ2) is 8.74. The molecule has 1 heterocycles. The molecule has 0 fully saturated rings. The summed E-state index contributed by atoms with van der Waals surface area (Å²) in [6.07, 6.45) is 0.736. The molecule has 0 aliphatic carbocycles. The summed E-state index contributed by atoms with van der Waals surface area (Å²) in [5.41, 5.74) is 1.56. The number of benzene rings is 2. The fraction of sp³-hybridized carbons (Fsp3) is 0.211. The minimum absolute atomic E-state index is 0.0720. The maximum atomic E-state index is 12.4. The molecule has 3 rings (SSSR count). The van der Waals surface area contributed by atoms with Gasteiger partial charge in [0.05, 0.1) is 6.54 Å². The highest BCUT2D eigenvalue weighted by molar-refractivity contribution is 6.36. The van der Waals surface area contributed by atoms with Crippen LogP contribution in [0.25, 0.3) is 11.4 Å². The van der Waals surface area contributed by atoms with E-state index in [0.717, 1.165) is 11.1 Å². The van der Waals surface area contributed by atoms with E-state index in [1.54, 1.807) is 49.5 Å². The smallest absolute Gasteiger partial charge is 0.246 e. The number of carbonyl (C=O) groups excluding carboxylic acids is 1. The van der Waals surface area contributed by atoms with Crippen LogP contribution in [0.5, 0.6) is 0 Å². The van der Waals surface area contributed by atoms with E-state index in [-0.39, 0.29) is 18.9 Å². The molecule has 2 aromatic carbocycles. The molecule has 0 N–H and O–H groups in total. The highest BCUT2D eigenvalue weighted by Gasteiger charge is 2.16. The molecule has 1 amide bonds. The van der Waals surface area contributed by atoms with E-state index in [4.69, 9.17) is 39.3 Å². The molecule has 0 radical (unpaired) electrons. The van der Waals surface area contributed by atoms with Crippen LogP contribution in [0.2, 0.25) is 15.1 Å². The second-order valence-corrected chi connectivity index (χ2v) is 7.22. The Morgan fingerprint density at radius 1 is 1.07 bits per heavy atom. The van der Waals surface area contributed by atoms with Gasteiger partial charge in [-0.05, 0) is 48.4 Å². The van der Waals surface area contributed by atoms with Gasteiger partial charge < -0.3 is 9.42 Å². The number of hydrogen-bond acceptors (Lipinski definition) is 4. The largest absolute Gasteiger partial charge is 0.337 e. The summed E-state index contributed by atoms with van der Waals surface area (Å²) in [5.74, 6) is 0.731. The lowest BCUT2D eigenvalue weighted by Gasteiger charge is -2.15. The molecule has 0 aliphatic rings. The van der Waals surface area contributed by atoms with Crippen molar-refractivity contribution in [2.75, 3.05) is 7.05 Å². The fourth-order valence-corrected chi connectivity index (χ4v) is 3.23. The predicted molar refractivity (Wildman–Crippen MR) is 106 cm³/mol. The van der Waals surface area contributed by atoms with Crippen molar-refractivity contribution in [1.29, 1.82) is 0 Å². The first-order chi connectivity index (χ1) is 12.9. The zero-order valence-electron chi connectivity index (χ0n) is 14.5. The summed E-state index contributed by atoms with van der Waals surface area (Å²) in [4.78, 5) is 18.2. The van der Waals surface area contributed by atoms with Gasteiger partial charge in [0.25, 0.3) is 0 Å². The Labute approximate surface area is 171 Å². The number of hydrogen-bond donors (Lipinski definition) is 0. The van der Waals surface area contributed by atoms with Gasteiger partial charge >= 0.3 is 0 Å². The van der Waals surface area contributed by atoms with E-state index >= 15 is 0 Å².